The number of carbonyl (C=O) groups excluding carboxylic acids is 2. The highest BCUT2D eigenvalue weighted by atomic mass is 16.2. The molecule has 3 rings (SSSR count). The number of rotatable bonds is 4. The molecule has 5 heteroatoms. The molecule has 124 valence electrons. The zero-order chi connectivity index (χ0) is 17.6. The van der Waals surface area contributed by atoms with Gasteiger partial charge in [-0.2, -0.15) is 0 Å². The van der Waals surface area contributed by atoms with E-state index in [2.05, 4.69) is 15.6 Å². The van der Waals surface area contributed by atoms with Crippen LogP contribution in [-0.4, -0.2) is 16.8 Å². The molecule has 0 radical (unpaired) electrons. The zero-order valence-electron chi connectivity index (χ0n) is 13.7. The predicted octanol–water partition coefficient (Wildman–Crippen LogP) is 3.89. The molecule has 0 spiro atoms. The van der Waals surface area contributed by atoms with Crippen LogP contribution in [0.4, 0.5) is 11.5 Å². The summed E-state index contributed by atoms with van der Waals surface area (Å²) in [5, 5.41) is 5.55. The average molecular weight is 331 g/mol. The van der Waals surface area contributed by atoms with Crippen LogP contribution in [0.25, 0.3) is 0 Å². The molecule has 1 heterocycles. The molecule has 0 saturated carbocycles. The number of hydrogen-bond donors (Lipinski definition) is 2. The van der Waals surface area contributed by atoms with Crippen molar-refractivity contribution in [1.82, 2.24) is 4.98 Å². The maximum atomic E-state index is 12.2. The highest BCUT2D eigenvalue weighted by molar-refractivity contribution is 6.06. The quantitative estimate of drug-likeness (QED) is 0.762. The highest BCUT2D eigenvalue weighted by Gasteiger charge is 2.09. The number of anilines is 2. The molecule has 0 bridgehead atoms. The van der Waals surface area contributed by atoms with E-state index < -0.39 is 0 Å². The fourth-order valence-electron chi connectivity index (χ4n) is 2.29. The van der Waals surface area contributed by atoms with Gasteiger partial charge in [-0.05, 0) is 61.0 Å². The van der Waals surface area contributed by atoms with E-state index in [-0.39, 0.29) is 11.8 Å². The number of aromatic nitrogens is 1. The van der Waals surface area contributed by atoms with Gasteiger partial charge in [0, 0.05) is 23.0 Å². The molecule has 0 saturated heterocycles. The van der Waals surface area contributed by atoms with E-state index in [4.69, 9.17) is 0 Å². The van der Waals surface area contributed by atoms with E-state index in [0.29, 0.717) is 22.6 Å². The van der Waals surface area contributed by atoms with Crippen LogP contribution < -0.4 is 10.6 Å². The number of amides is 2. The standard InChI is InChI=1S/C20H17N3O2/c1-14-11-12-21-18(13-14)23-20(25)16-7-9-17(10-8-16)22-19(24)15-5-3-2-4-6-15/h2-13H,1H3,(H,22,24)(H,21,23,25). The maximum absolute atomic E-state index is 12.2. The zero-order valence-corrected chi connectivity index (χ0v) is 13.7. The van der Waals surface area contributed by atoms with Gasteiger partial charge in [0.25, 0.3) is 11.8 Å². The van der Waals surface area contributed by atoms with Crippen LogP contribution in [-0.2, 0) is 0 Å². The lowest BCUT2D eigenvalue weighted by Crippen LogP contribution is -2.14. The molecule has 0 aliphatic heterocycles. The van der Waals surface area contributed by atoms with Crippen molar-refractivity contribution in [2.75, 3.05) is 10.6 Å². The van der Waals surface area contributed by atoms with E-state index in [0.717, 1.165) is 5.56 Å². The first-order valence-corrected chi connectivity index (χ1v) is 7.82. The van der Waals surface area contributed by atoms with E-state index in [1.54, 1.807) is 48.7 Å². The van der Waals surface area contributed by atoms with Crippen LogP contribution >= 0.6 is 0 Å². The molecule has 0 atom stereocenters. The van der Waals surface area contributed by atoms with E-state index >= 15 is 0 Å². The van der Waals surface area contributed by atoms with E-state index in [1.165, 1.54) is 0 Å². The largest absolute Gasteiger partial charge is 0.322 e. The van der Waals surface area contributed by atoms with Gasteiger partial charge < -0.3 is 10.6 Å². The van der Waals surface area contributed by atoms with Gasteiger partial charge in [-0.15, -0.1) is 0 Å². The average Bonchev–Trinajstić information content (AvgIpc) is 2.63. The molecule has 2 N–H and O–H groups in total. The lowest BCUT2D eigenvalue weighted by molar-refractivity contribution is 0.101. The highest BCUT2D eigenvalue weighted by Crippen LogP contribution is 2.13. The van der Waals surface area contributed by atoms with Crippen LogP contribution in [0.2, 0.25) is 0 Å². The minimum Gasteiger partial charge on any atom is -0.322 e. The summed E-state index contributed by atoms with van der Waals surface area (Å²) in [6.07, 6.45) is 1.65. The number of nitrogens with one attached hydrogen (secondary N) is 2. The third kappa shape index (κ3) is 4.29. The Morgan fingerprint density at radius 1 is 0.800 bits per heavy atom. The second-order valence-electron chi connectivity index (χ2n) is 5.57. The smallest absolute Gasteiger partial charge is 0.256 e. The maximum Gasteiger partial charge on any atom is 0.256 e. The van der Waals surface area contributed by atoms with Gasteiger partial charge in [-0.3, -0.25) is 9.59 Å². The molecule has 2 amide bonds. The Balaban J connectivity index is 1.65. The third-order valence-electron chi connectivity index (χ3n) is 3.60. The fraction of sp³-hybridized carbons (Fsp3) is 0.0500. The monoisotopic (exact) mass is 331 g/mol. The Morgan fingerprint density at radius 2 is 1.44 bits per heavy atom. The van der Waals surface area contributed by atoms with Crippen molar-refractivity contribution in [3.63, 3.8) is 0 Å². The molecule has 5 nitrogen and oxygen atoms in total. The van der Waals surface area contributed by atoms with E-state index in [1.807, 2.05) is 31.2 Å². The molecule has 0 fully saturated rings. The SMILES string of the molecule is Cc1ccnc(NC(=O)c2ccc(NC(=O)c3ccccc3)cc2)c1. The summed E-state index contributed by atoms with van der Waals surface area (Å²) in [6.45, 7) is 1.93. The van der Waals surface area contributed by atoms with Gasteiger partial charge in [-0.1, -0.05) is 18.2 Å². The molecular weight excluding hydrogens is 314 g/mol. The van der Waals surface area contributed by atoms with Gasteiger partial charge in [0.1, 0.15) is 5.82 Å². The second kappa shape index (κ2) is 7.40. The van der Waals surface area contributed by atoms with Crippen molar-refractivity contribution in [3.8, 4) is 0 Å². The molecule has 0 aliphatic carbocycles. The number of benzene rings is 2. The van der Waals surface area contributed by atoms with E-state index in [9.17, 15) is 9.59 Å². The van der Waals surface area contributed by atoms with Crippen molar-refractivity contribution < 1.29 is 9.59 Å². The first-order chi connectivity index (χ1) is 12.1. The number of hydrogen-bond acceptors (Lipinski definition) is 3. The van der Waals surface area contributed by atoms with Crippen molar-refractivity contribution in [2.45, 2.75) is 6.92 Å². The fourth-order valence-corrected chi connectivity index (χ4v) is 2.29. The minimum atomic E-state index is -0.251. The van der Waals surface area contributed by atoms with Crippen LogP contribution in [0.1, 0.15) is 26.3 Å². The van der Waals surface area contributed by atoms with Crippen molar-refractivity contribution in [1.29, 1.82) is 0 Å². The number of aryl methyl sites for hydroxylation is 1. The molecule has 0 aliphatic rings. The van der Waals surface area contributed by atoms with Gasteiger partial charge in [0.05, 0.1) is 0 Å². The third-order valence-corrected chi connectivity index (χ3v) is 3.60. The van der Waals surface area contributed by atoms with Crippen LogP contribution in [0.5, 0.6) is 0 Å². The summed E-state index contributed by atoms with van der Waals surface area (Å²) in [5.74, 6) is 0.0623. The molecule has 2 aromatic carbocycles. The summed E-state index contributed by atoms with van der Waals surface area (Å²) in [7, 11) is 0. The number of carbonyl (C=O) groups is 2. The second-order valence-corrected chi connectivity index (χ2v) is 5.57. The summed E-state index contributed by atoms with van der Waals surface area (Å²) < 4.78 is 0. The topological polar surface area (TPSA) is 71.1 Å². The summed E-state index contributed by atoms with van der Waals surface area (Å²) in [6, 6.07) is 19.3. The predicted molar refractivity (Wildman–Crippen MR) is 97.8 cm³/mol. The Hall–Kier alpha value is -3.47. The van der Waals surface area contributed by atoms with Gasteiger partial charge in [0.2, 0.25) is 0 Å². The first kappa shape index (κ1) is 16.4. The lowest BCUT2D eigenvalue weighted by Gasteiger charge is -2.07. The Labute approximate surface area is 145 Å². The first-order valence-electron chi connectivity index (χ1n) is 7.82. The van der Waals surface area contributed by atoms with Crippen molar-refractivity contribution in [3.05, 3.63) is 89.6 Å². The summed E-state index contributed by atoms with van der Waals surface area (Å²) in [4.78, 5) is 28.5. The van der Waals surface area contributed by atoms with Crippen LogP contribution in [0, 0.1) is 6.92 Å². The van der Waals surface area contributed by atoms with Crippen LogP contribution in [0.15, 0.2) is 72.9 Å². The van der Waals surface area contributed by atoms with Crippen molar-refractivity contribution >= 4 is 23.3 Å². The lowest BCUT2D eigenvalue weighted by atomic mass is 10.1. The molecule has 25 heavy (non-hydrogen) atoms. The molecule has 3 aromatic rings. The minimum absolute atomic E-state index is 0.193. The van der Waals surface area contributed by atoms with Gasteiger partial charge in [-0.25, -0.2) is 4.98 Å². The summed E-state index contributed by atoms with van der Waals surface area (Å²) >= 11 is 0. The van der Waals surface area contributed by atoms with Gasteiger partial charge >= 0.3 is 0 Å². The Bertz CT molecular complexity index is 890. The summed E-state index contributed by atoms with van der Waals surface area (Å²) in [5.41, 5.74) is 2.71. The normalized spacial score (nSPS) is 10.1. The molecular formula is C20H17N3O2. The van der Waals surface area contributed by atoms with Crippen molar-refractivity contribution in [2.24, 2.45) is 0 Å². The van der Waals surface area contributed by atoms with Gasteiger partial charge in [0.15, 0.2) is 0 Å². The molecule has 0 unspecified atom stereocenters. The van der Waals surface area contributed by atoms with Crippen LogP contribution in [0.3, 0.4) is 0 Å². The number of pyridine rings is 1. The molecule has 1 aromatic heterocycles. The Morgan fingerprint density at radius 3 is 2.12 bits per heavy atom. The Kier molecular flexibility index (Phi) is 4.85. The number of nitrogens with zero attached hydrogens (tertiary/aromatic N) is 1.